The van der Waals surface area contributed by atoms with Crippen molar-refractivity contribution in [2.75, 3.05) is 0 Å². The molecule has 0 heterocycles. The molecule has 4 aliphatic carbocycles. The van der Waals surface area contributed by atoms with Crippen LogP contribution in [0.2, 0.25) is 0 Å². The van der Waals surface area contributed by atoms with Crippen molar-refractivity contribution in [2.45, 2.75) is 145 Å². The van der Waals surface area contributed by atoms with E-state index in [2.05, 4.69) is 146 Å². The molecule has 0 aromatic carbocycles. The smallest absolute Gasteiger partial charge is 1.00 e. The van der Waals surface area contributed by atoms with Gasteiger partial charge in [-0.15, -0.1) is 12.8 Å². The Balaban J connectivity index is 0. The fraction of sp³-hybridized carbons (Fsp3) is 0.600. The van der Waals surface area contributed by atoms with Gasteiger partial charge in [0.2, 0.25) is 11.6 Å². The molecule has 0 amide bonds. The Hall–Kier alpha value is -0.551. The number of hydrogen-bond donors (Lipinski definition) is 0. The Morgan fingerprint density at radius 1 is 0.562 bits per heavy atom. The Morgan fingerprint density at radius 2 is 0.875 bits per heavy atom. The first-order valence-corrected chi connectivity index (χ1v) is 16.2. The Labute approximate surface area is 335 Å². The number of rotatable bonds is 6. The van der Waals surface area contributed by atoms with E-state index in [1.54, 1.807) is 0 Å². The Bertz CT molecular complexity index is 1220. The molecule has 0 radical (unpaired) electrons. The minimum atomic E-state index is -0.757. The third-order valence-electron chi connectivity index (χ3n) is 7.38. The molecular formula is C40H58Cl2O4Ti2. The van der Waals surface area contributed by atoms with Gasteiger partial charge in [0.1, 0.15) is 0 Å². The van der Waals surface area contributed by atoms with E-state index in [1.807, 2.05) is 12.2 Å². The maximum absolute atomic E-state index is 6.49. The molecule has 2 unspecified atom stereocenters. The molecule has 2 atom stereocenters. The van der Waals surface area contributed by atoms with Crippen molar-refractivity contribution < 1.29 is 87.2 Å². The van der Waals surface area contributed by atoms with Crippen molar-refractivity contribution in [2.24, 2.45) is 10.8 Å². The fourth-order valence-corrected chi connectivity index (χ4v) is 5.86. The average molecular weight is 770 g/mol. The van der Waals surface area contributed by atoms with Crippen LogP contribution in [0.3, 0.4) is 0 Å². The molecule has 4 nitrogen and oxygen atoms in total. The normalized spacial score (nSPS) is 23.5. The van der Waals surface area contributed by atoms with Gasteiger partial charge < -0.3 is 43.8 Å². The molecule has 0 saturated carbocycles. The van der Waals surface area contributed by atoms with Crippen molar-refractivity contribution in [3.63, 3.8) is 0 Å². The van der Waals surface area contributed by atoms with Crippen LogP contribution in [-0.4, -0.2) is 22.8 Å². The van der Waals surface area contributed by atoms with E-state index >= 15 is 0 Å². The van der Waals surface area contributed by atoms with Crippen LogP contribution in [0.1, 0.15) is 123 Å². The summed E-state index contributed by atoms with van der Waals surface area (Å²) < 4.78 is 25.7. The van der Waals surface area contributed by atoms with Crippen LogP contribution in [0.4, 0.5) is 0 Å². The van der Waals surface area contributed by atoms with Gasteiger partial charge in [-0.05, 0) is 77.7 Å². The number of hydrogen-bond acceptors (Lipinski definition) is 4. The topological polar surface area (TPSA) is 36.9 Å². The summed E-state index contributed by atoms with van der Waals surface area (Å²) in [5, 5.41) is 0. The number of allylic oxidation sites excluding steroid dienone is 10. The van der Waals surface area contributed by atoms with Crippen LogP contribution in [0.5, 0.6) is 0 Å². The number of halogens is 2. The molecule has 0 spiro atoms. The summed E-state index contributed by atoms with van der Waals surface area (Å²) in [6.45, 7) is 30.0. The van der Waals surface area contributed by atoms with Crippen LogP contribution in [0.15, 0.2) is 82.4 Å². The molecular weight excluding hydrogens is 711 g/mol. The summed E-state index contributed by atoms with van der Waals surface area (Å²) >= 11 is 0. The maximum Gasteiger partial charge on any atom is 2.00 e. The van der Waals surface area contributed by atoms with E-state index in [1.165, 1.54) is 22.3 Å². The molecule has 0 saturated heterocycles. The molecule has 0 aromatic rings. The maximum atomic E-state index is 6.49. The second-order valence-electron chi connectivity index (χ2n) is 16.4. The van der Waals surface area contributed by atoms with Crippen LogP contribution in [-0.2, 0) is 62.4 Å². The minimum Gasteiger partial charge on any atom is -1.00 e. The Kier molecular flexibility index (Phi) is 19.4. The summed E-state index contributed by atoms with van der Waals surface area (Å²) in [4.78, 5) is 0. The average Bonchev–Trinajstić information content (AvgIpc) is 3.54. The predicted octanol–water partition coefficient (Wildman–Crippen LogP) is 4.97. The van der Waals surface area contributed by atoms with Crippen LogP contribution in [0, 0.1) is 23.0 Å². The van der Waals surface area contributed by atoms with Gasteiger partial charge in [-0.1, -0.05) is 77.0 Å². The molecule has 0 fully saturated rings. The van der Waals surface area contributed by atoms with Gasteiger partial charge in [-0.25, -0.2) is 12.2 Å². The third-order valence-corrected chi connectivity index (χ3v) is 7.38. The zero-order valence-corrected chi connectivity index (χ0v) is 36.5. The summed E-state index contributed by atoms with van der Waals surface area (Å²) in [5.74, 6) is 0.0553. The van der Waals surface area contributed by atoms with Gasteiger partial charge in [-0.3, -0.25) is 0 Å². The zero-order valence-electron chi connectivity index (χ0n) is 31.8. The van der Waals surface area contributed by atoms with Gasteiger partial charge in [0, 0.05) is 24.0 Å². The van der Waals surface area contributed by atoms with Crippen LogP contribution >= 0.6 is 0 Å². The monoisotopic (exact) mass is 768 g/mol. The number of ether oxygens (including phenoxy) is 4. The molecule has 0 bridgehead atoms. The third kappa shape index (κ3) is 14.2. The van der Waals surface area contributed by atoms with Crippen molar-refractivity contribution in [3.05, 3.63) is 94.6 Å². The van der Waals surface area contributed by atoms with E-state index in [-0.39, 0.29) is 90.3 Å². The first kappa shape index (κ1) is 49.6. The molecule has 0 aromatic heterocycles. The largest absolute Gasteiger partial charge is 2.00 e. The molecule has 0 aliphatic heterocycles. The summed E-state index contributed by atoms with van der Waals surface area (Å²) in [6, 6.07) is 0. The fourth-order valence-electron chi connectivity index (χ4n) is 5.86. The second-order valence-corrected chi connectivity index (χ2v) is 16.4. The van der Waals surface area contributed by atoms with E-state index in [4.69, 9.17) is 18.9 Å². The van der Waals surface area contributed by atoms with Crippen molar-refractivity contribution >= 4 is 0 Å². The van der Waals surface area contributed by atoms with E-state index in [0.29, 0.717) is 0 Å². The molecule has 8 heteroatoms. The summed E-state index contributed by atoms with van der Waals surface area (Å²) in [5.41, 5.74) is 4.23. The van der Waals surface area contributed by atoms with Gasteiger partial charge in [0.05, 0.1) is 11.2 Å². The van der Waals surface area contributed by atoms with E-state index in [9.17, 15) is 0 Å². The van der Waals surface area contributed by atoms with Crippen molar-refractivity contribution in [1.82, 2.24) is 0 Å². The van der Waals surface area contributed by atoms with E-state index < -0.39 is 11.6 Å². The molecule has 264 valence electrons. The summed E-state index contributed by atoms with van der Waals surface area (Å²) in [6.07, 6.45) is 26.5. The van der Waals surface area contributed by atoms with Crippen molar-refractivity contribution in [3.8, 4) is 0 Å². The first-order valence-electron chi connectivity index (χ1n) is 16.2. The van der Waals surface area contributed by atoms with Crippen LogP contribution in [0.25, 0.3) is 0 Å². The quantitative estimate of drug-likeness (QED) is 0.218. The van der Waals surface area contributed by atoms with Gasteiger partial charge in [-0.2, -0.15) is 24.3 Å². The zero-order chi connectivity index (χ0) is 33.2. The Morgan fingerprint density at radius 3 is 1.10 bits per heavy atom. The van der Waals surface area contributed by atoms with Gasteiger partial charge in [0.25, 0.3) is 0 Å². The SMILES string of the molecule is CC1=CCC(OC2=[C-]CC=C2)(OC(C)(C)C)C(C(C)(C)C)=C1.CC1=CCC(OC2=[C-]CC=C2)(OC(C)(C)C)C(C(C)(C)C)=C1.[Cl-].[Cl-].[Ti+2].[Ti+2]. The molecule has 48 heavy (non-hydrogen) atoms. The second kappa shape index (κ2) is 18.8. The minimum absolute atomic E-state index is 0. The standard InChI is InChI=1S/2C20H29O2.2ClH.2Ti/c2*1-15-12-13-20(22-19(5,6)7,17(14-15)18(2,3)4)21-16-10-8-9-11-16;;;;/h2*8,10,12,14H,9,13H2,1-7H3;2*1H;;/q2*-1;;;2*+2/p-2. The molecule has 4 rings (SSSR count). The van der Waals surface area contributed by atoms with Gasteiger partial charge >= 0.3 is 43.4 Å². The molecule has 0 N–H and O–H groups in total. The first-order chi connectivity index (χ1) is 20.0. The summed E-state index contributed by atoms with van der Waals surface area (Å²) in [7, 11) is 0. The molecule has 4 aliphatic rings. The van der Waals surface area contributed by atoms with Crippen LogP contribution < -0.4 is 24.8 Å². The van der Waals surface area contributed by atoms with E-state index in [0.717, 1.165) is 37.2 Å². The van der Waals surface area contributed by atoms with Crippen molar-refractivity contribution in [1.29, 1.82) is 0 Å². The predicted molar refractivity (Wildman–Crippen MR) is 182 cm³/mol. The van der Waals surface area contributed by atoms with Gasteiger partial charge in [0.15, 0.2) is 0 Å².